The molecule has 0 aliphatic carbocycles. The van der Waals surface area contributed by atoms with Crippen molar-refractivity contribution in [3.8, 4) is 0 Å². The number of rotatable bonds is 10. The van der Waals surface area contributed by atoms with E-state index in [1.807, 2.05) is 25.7 Å². The first kappa shape index (κ1) is 21.1. The van der Waals surface area contributed by atoms with E-state index in [0.717, 1.165) is 18.4 Å². The normalized spacial score (nSPS) is 11.9. The van der Waals surface area contributed by atoms with E-state index in [0.29, 0.717) is 37.2 Å². The number of nitrogens with zero attached hydrogens (tertiary/aromatic N) is 1. The molecule has 0 saturated carbocycles. The summed E-state index contributed by atoms with van der Waals surface area (Å²) in [4.78, 5) is 26.9. The van der Waals surface area contributed by atoms with Crippen LogP contribution in [0.5, 0.6) is 0 Å². The fourth-order valence-corrected chi connectivity index (χ4v) is 2.68. The standard InChI is InChI=1S/C19H31N3O3/c1-4-8-22(9-5-2)19(25)16-11-14(3)10-15(12-16)18(24)21-13-17(23)6-7-20/h10-12,17,23H,4-9,13,20H2,1-3H3,(H,21,24). The molecule has 6 nitrogen and oxygen atoms in total. The van der Waals surface area contributed by atoms with Crippen LogP contribution in [0, 0.1) is 6.92 Å². The lowest BCUT2D eigenvalue weighted by molar-refractivity contribution is 0.0755. The predicted octanol–water partition coefficient (Wildman–Crippen LogP) is 1.70. The second-order valence-corrected chi connectivity index (χ2v) is 6.32. The molecule has 0 aliphatic heterocycles. The van der Waals surface area contributed by atoms with E-state index < -0.39 is 6.10 Å². The molecule has 0 fully saturated rings. The van der Waals surface area contributed by atoms with E-state index >= 15 is 0 Å². The zero-order chi connectivity index (χ0) is 18.8. The second kappa shape index (κ2) is 10.8. The number of hydrogen-bond donors (Lipinski definition) is 3. The lowest BCUT2D eigenvalue weighted by Gasteiger charge is -2.22. The second-order valence-electron chi connectivity index (χ2n) is 6.32. The monoisotopic (exact) mass is 349 g/mol. The Morgan fingerprint density at radius 3 is 2.32 bits per heavy atom. The van der Waals surface area contributed by atoms with Crippen LogP contribution in [0.1, 0.15) is 59.4 Å². The van der Waals surface area contributed by atoms with Gasteiger partial charge < -0.3 is 21.1 Å². The fraction of sp³-hybridized carbons (Fsp3) is 0.579. The Balaban J connectivity index is 2.90. The van der Waals surface area contributed by atoms with Crippen LogP contribution in [0.4, 0.5) is 0 Å². The number of carbonyl (C=O) groups is 2. The van der Waals surface area contributed by atoms with Crippen LogP contribution in [-0.2, 0) is 0 Å². The highest BCUT2D eigenvalue weighted by atomic mass is 16.3. The summed E-state index contributed by atoms with van der Waals surface area (Å²) in [7, 11) is 0. The molecule has 1 unspecified atom stereocenters. The quantitative estimate of drug-likeness (QED) is 0.599. The van der Waals surface area contributed by atoms with Gasteiger partial charge in [-0.25, -0.2) is 0 Å². The summed E-state index contributed by atoms with van der Waals surface area (Å²) in [6.45, 7) is 7.85. The molecule has 1 rings (SSSR count). The van der Waals surface area contributed by atoms with Crippen molar-refractivity contribution in [2.45, 2.75) is 46.1 Å². The van der Waals surface area contributed by atoms with Crippen molar-refractivity contribution in [2.24, 2.45) is 5.73 Å². The molecule has 0 bridgehead atoms. The lowest BCUT2D eigenvalue weighted by atomic mass is 10.0. The molecule has 0 heterocycles. The van der Waals surface area contributed by atoms with E-state index in [-0.39, 0.29) is 18.4 Å². The van der Waals surface area contributed by atoms with Gasteiger partial charge in [0.2, 0.25) is 0 Å². The minimum Gasteiger partial charge on any atom is -0.391 e. The molecule has 2 amide bonds. The van der Waals surface area contributed by atoms with Gasteiger partial charge in [0.05, 0.1) is 6.10 Å². The number of aliphatic hydroxyl groups excluding tert-OH is 1. The molecule has 0 spiro atoms. The van der Waals surface area contributed by atoms with Gasteiger partial charge in [0.25, 0.3) is 11.8 Å². The Hall–Kier alpha value is -1.92. The van der Waals surface area contributed by atoms with Crippen LogP contribution in [0.25, 0.3) is 0 Å². The summed E-state index contributed by atoms with van der Waals surface area (Å²) in [6, 6.07) is 5.17. The lowest BCUT2D eigenvalue weighted by Crippen LogP contribution is -2.34. The van der Waals surface area contributed by atoms with Crippen molar-refractivity contribution in [2.75, 3.05) is 26.2 Å². The van der Waals surface area contributed by atoms with Crippen molar-refractivity contribution in [1.82, 2.24) is 10.2 Å². The first-order valence-corrected chi connectivity index (χ1v) is 9.00. The van der Waals surface area contributed by atoms with E-state index in [9.17, 15) is 14.7 Å². The maximum absolute atomic E-state index is 12.7. The molecule has 4 N–H and O–H groups in total. The topological polar surface area (TPSA) is 95.7 Å². The average molecular weight is 349 g/mol. The minimum absolute atomic E-state index is 0.0513. The first-order valence-electron chi connectivity index (χ1n) is 9.00. The predicted molar refractivity (Wildman–Crippen MR) is 99.7 cm³/mol. The number of aliphatic hydroxyl groups is 1. The highest BCUT2D eigenvalue weighted by Gasteiger charge is 2.17. The number of benzene rings is 1. The summed E-state index contributed by atoms with van der Waals surface area (Å²) < 4.78 is 0. The van der Waals surface area contributed by atoms with E-state index in [1.54, 1.807) is 18.2 Å². The molecule has 0 aliphatic rings. The van der Waals surface area contributed by atoms with Crippen molar-refractivity contribution in [3.05, 3.63) is 34.9 Å². The summed E-state index contributed by atoms with van der Waals surface area (Å²) in [5.74, 6) is -0.351. The number of carbonyl (C=O) groups excluding carboxylic acids is 2. The van der Waals surface area contributed by atoms with Crippen LogP contribution in [0.15, 0.2) is 18.2 Å². The number of amides is 2. The molecular formula is C19H31N3O3. The number of hydrogen-bond acceptors (Lipinski definition) is 4. The zero-order valence-corrected chi connectivity index (χ0v) is 15.5. The number of nitrogens with two attached hydrogens (primary N) is 1. The summed E-state index contributed by atoms with van der Waals surface area (Å²) in [6.07, 6.45) is 1.55. The van der Waals surface area contributed by atoms with Gasteiger partial charge in [0, 0.05) is 30.8 Å². The van der Waals surface area contributed by atoms with Crippen LogP contribution in [0.3, 0.4) is 0 Å². The smallest absolute Gasteiger partial charge is 0.253 e. The third-order valence-corrected chi connectivity index (χ3v) is 3.86. The summed E-state index contributed by atoms with van der Waals surface area (Å²) in [5, 5.41) is 12.4. The van der Waals surface area contributed by atoms with Gasteiger partial charge >= 0.3 is 0 Å². The van der Waals surface area contributed by atoms with Gasteiger partial charge in [-0.3, -0.25) is 9.59 Å². The fourth-order valence-electron chi connectivity index (χ4n) is 2.68. The maximum Gasteiger partial charge on any atom is 0.253 e. The van der Waals surface area contributed by atoms with E-state index in [2.05, 4.69) is 5.32 Å². The molecule has 1 aromatic rings. The van der Waals surface area contributed by atoms with Gasteiger partial charge in [-0.05, 0) is 56.5 Å². The molecule has 140 valence electrons. The van der Waals surface area contributed by atoms with Gasteiger partial charge in [-0.2, -0.15) is 0 Å². The molecule has 0 radical (unpaired) electrons. The van der Waals surface area contributed by atoms with Crippen LogP contribution < -0.4 is 11.1 Å². The highest BCUT2D eigenvalue weighted by molar-refractivity contribution is 6.00. The van der Waals surface area contributed by atoms with E-state index in [4.69, 9.17) is 5.73 Å². The third-order valence-electron chi connectivity index (χ3n) is 3.86. The van der Waals surface area contributed by atoms with Gasteiger partial charge in [0.1, 0.15) is 0 Å². The van der Waals surface area contributed by atoms with Crippen LogP contribution in [-0.4, -0.2) is 54.1 Å². The minimum atomic E-state index is -0.663. The van der Waals surface area contributed by atoms with E-state index in [1.165, 1.54) is 0 Å². The summed E-state index contributed by atoms with van der Waals surface area (Å²) >= 11 is 0. The van der Waals surface area contributed by atoms with Crippen LogP contribution >= 0.6 is 0 Å². The largest absolute Gasteiger partial charge is 0.391 e. The highest BCUT2D eigenvalue weighted by Crippen LogP contribution is 2.13. The number of aryl methyl sites for hydroxylation is 1. The van der Waals surface area contributed by atoms with Gasteiger partial charge in [0.15, 0.2) is 0 Å². The third kappa shape index (κ3) is 6.84. The molecule has 6 heteroatoms. The zero-order valence-electron chi connectivity index (χ0n) is 15.5. The Morgan fingerprint density at radius 1 is 1.16 bits per heavy atom. The van der Waals surface area contributed by atoms with Crippen molar-refractivity contribution in [3.63, 3.8) is 0 Å². The van der Waals surface area contributed by atoms with Crippen molar-refractivity contribution in [1.29, 1.82) is 0 Å². The molecule has 0 saturated heterocycles. The number of nitrogens with one attached hydrogen (secondary N) is 1. The summed E-state index contributed by atoms with van der Waals surface area (Å²) in [5.41, 5.74) is 7.19. The Labute approximate surface area is 150 Å². The molecule has 0 aromatic heterocycles. The van der Waals surface area contributed by atoms with Gasteiger partial charge in [-0.15, -0.1) is 0 Å². The molecular weight excluding hydrogens is 318 g/mol. The average Bonchev–Trinajstić information content (AvgIpc) is 2.58. The Kier molecular flexibility index (Phi) is 9.16. The Bertz CT molecular complexity index is 569. The maximum atomic E-state index is 12.7. The van der Waals surface area contributed by atoms with Gasteiger partial charge in [-0.1, -0.05) is 13.8 Å². The SMILES string of the molecule is CCCN(CCC)C(=O)c1cc(C)cc(C(=O)NCC(O)CCN)c1. The first-order chi connectivity index (χ1) is 11.9. The molecule has 1 aromatic carbocycles. The Morgan fingerprint density at radius 2 is 1.76 bits per heavy atom. The molecule has 1 atom stereocenters. The van der Waals surface area contributed by atoms with Crippen LogP contribution in [0.2, 0.25) is 0 Å². The molecule has 25 heavy (non-hydrogen) atoms. The van der Waals surface area contributed by atoms with Crippen molar-refractivity contribution < 1.29 is 14.7 Å². The van der Waals surface area contributed by atoms with Crippen molar-refractivity contribution >= 4 is 11.8 Å².